The average Bonchev–Trinajstić information content (AvgIpc) is 3.58. The predicted octanol–water partition coefficient (Wildman–Crippen LogP) is 12.2. The normalized spacial score (nSPS) is 16.5. The second kappa shape index (κ2) is 13.8. The van der Waals surface area contributed by atoms with Crippen LogP contribution in [0.3, 0.4) is 0 Å². The third-order valence-electron chi connectivity index (χ3n) is 11.3. The molecule has 260 valence electrons. The monoisotopic (exact) mass is 703 g/mol. The highest BCUT2D eigenvalue weighted by molar-refractivity contribution is 5.78. The van der Waals surface area contributed by atoms with Crippen molar-refractivity contribution in [1.29, 1.82) is 0 Å². The Labute approximate surface area is 322 Å². The highest BCUT2D eigenvalue weighted by Gasteiger charge is 2.53. The van der Waals surface area contributed by atoms with E-state index >= 15 is 0 Å². The first-order chi connectivity index (χ1) is 27.3. The molecule has 1 aromatic heterocycles. The smallest absolute Gasteiger partial charge is 0.164 e. The van der Waals surface area contributed by atoms with Gasteiger partial charge in [-0.15, -0.1) is 0 Å². The lowest BCUT2D eigenvalue weighted by Crippen LogP contribution is -2.35. The van der Waals surface area contributed by atoms with E-state index in [4.69, 9.17) is 15.0 Å². The van der Waals surface area contributed by atoms with E-state index in [1.165, 1.54) is 33.4 Å². The summed E-state index contributed by atoms with van der Waals surface area (Å²) in [5.41, 5.74) is 12.4. The van der Waals surface area contributed by atoms with Crippen molar-refractivity contribution in [3.8, 4) is 45.0 Å². The fraction of sp³-hybridized carbons (Fsp3) is 0.0577. The summed E-state index contributed by atoms with van der Waals surface area (Å²) in [6, 6.07) is 69.0. The molecule has 0 fully saturated rings. The van der Waals surface area contributed by atoms with E-state index < -0.39 is 5.41 Å². The summed E-state index contributed by atoms with van der Waals surface area (Å²) in [5.74, 6) is 2.25. The lowest BCUT2D eigenvalue weighted by Gasteiger charge is -2.39. The second-order valence-electron chi connectivity index (χ2n) is 14.4. The molecule has 3 nitrogen and oxygen atoms in total. The number of fused-ring (bicyclic) bond motifs is 3. The van der Waals surface area contributed by atoms with Gasteiger partial charge in [-0.1, -0.05) is 212 Å². The molecule has 0 amide bonds. The molecule has 0 radical (unpaired) electrons. The summed E-state index contributed by atoms with van der Waals surface area (Å²) in [6.45, 7) is 0. The van der Waals surface area contributed by atoms with E-state index in [0.717, 1.165) is 27.8 Å². The molecular formula is C52H37N3. The van der Waals surface area contributed by atoms with E-state index in [0.29, 0.717) is 17.5 Å². The van der Waals surface area contributed by atoms with Gasteiger partial charge in [-0.3, -0.25) is 0 Å². The van der Waals surface area contributed by atoms with Gasteiger partial charge in [0.2, 0.25) is 0 Å². The Morgan fingerprint density at radius 1 is 0.364 bits per heavy atom. The van der Waals surface area contributed by atoms with E-state index in [1.54, 1.807) is 0 Å². The number of rotatable bonds is 7. The van der Waals surface area contributed by atoms with E-state index in [1.807, 2.05) is 12.1 Å². The van der Waals surface area contributed by atoms with Gasteiger partial charge in [0.1, 0.15) is 0 Å². The fourth-order valence-electron chi connectivity index (χ4n) is 8.76. The van der Waals surface area contributed by atoms with Crippen molar-refractivity contribution >= 4 is 5.57 Å². The van der Waals surface area contributed by atoms with Crippen LogP contribution in [0.2, 0.25) is 0 Å². The summed E-state index contributed by atoms with van der Waals surface area (Å²) in [6.07, 6.45) is 7.04. The lowest BCUT2D eigenvalue weighted by atomic mass is 9.62. The maximum absolute atomic E-state index is 5.24. The van der Waals surface area contributed by atoms with Gasteiger partial charge in [-0.05, 0) is 44.5 Å². The summed E-state index contributed by atoms with van der Waals surface area (Å²) in [4.78, 5) is 15.6. The summed E-state index contributed by atoms with van der Waals surface area (Å²) in [5, 5.41) is 0. The molecule has 2 unspecified atom stereocenters. The molecule has 2 aliphatic carbocycles. The van der Waals surface area contributed by atoms with Gasteiger partial charge in [0.05, 0.1) is 5.41 Å². The highest BCUT2D eigenvalue weighted by Crippen LogP contribution is 2.60. The molecule has 1 heterocycles. The van der Waals surface area contributed by atoms with Crippen LogP contribution in [0.5, 0.6) is 0 Å². The van der Waals surface area contributed by atoms with E-state index in [-0.39, 0.29) is 11.8 Å². The fourth-order valence-corrected chi connectivity index (χ4v) is 8.76. The van der Waals surface area contributed by atoms with Crippen molar-refractivity contribution in [3.05, 3.63) is 240 Å². The third-order valence-corrected chi connectivity index (χ3v) is 11.3. The Kier molecular flexibility index (Phi) is 8.18. The Bertz CT molecular complexity index is 2530. The molecule has 0 aliphatic heterocycles. The zero-order valence-corrected chi connectivity index (χ0v) is 30.2. The highest BCUT2D eigenvalue weighted by atomic mass is 15.0. The van der Waals surface area contributed by atoms with Gasteiger partial charge in [0.25, 0.3) is 0 Å². The number of benzene rings is 7. The molecule has 10 rings (SSSR count). The number of aromatic nitrogens is 3. The number of hydrogen-bond acceptors (Lipinski definition) is 3. The van der Waals surface area contributed by atoms with Crippen molar-refractivity contribution in [3.63, 3.8) is 0 Å². The van der Waals surface area contributed by atoms with Crippen LogP contribution in [0, 0.1) is 5.92 Å². The molecule has 55 heavy (non-hydrogen) atoms. The Morgan fingerprint density at radius 3 is 1.27 bits per heavy atom. The van der Waals surface area contributed by atoms with Crippen LogP contribution in [-0.2, 0) is 5.41 Å². The lowest BCUT2D eigenvalue weighted by molar-refractivity contribution is 0.458. The average molecular weight is 704 g/mol. The largest absolute Gasteiger partial charge is 0.208 e. The van der Waals surface area contributed by atoms with E-state index in [2.05, 4.69) is 200 Å². The minimum atomic E-state index is -0.404. The first-order valence-corrected chi connectivity index (χ1v) is 18.9. The standard InChI is InChI=1S/C52H37N3/c1-5-15-36(16-6-1)38-25-29-40(30-26-38)49-53-50(41-31-27-39(28-32-41)37-17-7-2-8-18-37)55-51(54-49)42-33-34-46-45-23-13-14-24-47(45)52(48(46)35-42,43-19-9-3-10-20-43)44-21-11-4-12-22-44/h1-35,46,48H. The zero-order chi connectivity index (χ0) is 36.6. The van der Waals surface area contributed by atoms with Crippen LogP contribution in [-0.4, -0.2) is 15.0 Å². The first-order valence-electron chi connectivity index (χ1n) is 18.9. The van der Waals surface area contributed by atoms with Crippen molar-refractivity contribution in [2.24, 2.45) is 5.92 Å². The van der Waals surface area contributed by atoms with Gasteiger partial charge < -0.3 is 0 Å². The molecule has 0 N–H and O–H groups in total. The van der Waals surface area contributed by atoms with Crippen molar-refractivity contribution in [2.45, 2.75) is 11.3 Å². The van der Waals surface area contributed by atoms with Crippen molar-refractivity contribution in [2.75, 3.05) is 0 Å². The van der Waals surface area contributed by atoms with Gasteiger partial charge in [-0.2, -0.15) is 0 Å². The molecule has 3 heteroatoms. The summed E-state index contributed by atoms with van der Waals surface area (Å²) in [7, 11) is 0. The van der Waals surface area contributed by atoms with E-state index in [9.17, 15) is 0 Å². The van der Waals surface area contributed by atoms with Gasteiger partial charge in [0, 0.05) is 28.5 Å². The number of hydrogen-bond donors (Lipinski definition) is 0. The van der Waals surface area contributed by atoms with Gasteiger partial charge in [-0.25, -0.2) is 15.0 Å². The van der Waals surface area contributed by atoms with Crippen LogP contribution in [0.15, 0.2) is 212 Å². The second-order valence-corrected chi connectivity index (χ2v) is 14.4. The molecule has 2 aliphatic rings. The first kappa shape index (κ1) is 32.7. The quantitative estimate of drug-likeness (QED) is 0.166. The Balaban J connectivity index is 1.13. The Morgan fingerprint density at radius 2 is 0.764 bits per heavy atom. The Hall–Kier alpha value is -6.97. The van der Waals surface area contributed by atoms with Gasteiger partial charge >= 0.3 is 0 Å². The van der Waals surface area contributed by atoms with Gasteiger partial charge in [0.15, 0.2) is 17.5 Å². The van der Waals surface area contributed by atoms with Crippen molar-refractivity contribution < 1.29 is 0 Å². The van der Waals surface area contributed by atoms with Crippen LogP contribution in [0.1, 0.15) is 34.0 Å². The summed E-state index contributed by atoms with van der Waals surface area (Å²) >= 11 is 0. The molecular weight excluding hydrogens is 667 g/mol. The molecule has 0 saturated carbocycles. The van der Waals surface area contributed by atoms with Crippen LogP contribution >= 0.6 is 0 Å². The third kappa shape index (κ3) is 5.73. The molecule has 7 aromatic carbocycles. The molecule has 0 saturated heterocycles. The summed E-state index contributed by atoms with van der Waals surface area (Å²) < 4.78 is 0. The molecule has 2 atom stereocenters. The maximum Gasteiger partial charge on any atom is 0.164 e. The number of nitrogens with zero attached hydrogens (tertiary/aromatic N) is 3. The van der Waals surface area contributed by atoms with Crippen molar-refractivity contribution in [1.82, 2.24) is 15.0 Å². The minimum Gasteiger partial charge on any atom is -0.208 e. The number of allylic oxidation sites excluding steroid dienone is 4. The minimum absolute atomic E-state index is 0.0914. The van der Waals surface area contributed by atoms with Crippen LogP contribution in [0.25, 0.3) is 50.6 Å². The SMILES string of the molecule is C1=CC2c3ccccc3C(c3ccccc3)(c3ccccc3)C2C=C1c1nc(-c2ccc(-c3ccccc3)cc2)nc(-c2ccc(-c3ccccc3)cc2)n1. The molecule has 8 aromatic rings. The molecule has 0 bridgehead atoms. The maximum atomic E-state index is 5.24. The zero-order valence-electron chi connectivity index (χ0n) is 30.2. The van der Waals surface area contributed by atoms with Crippen LogP contribution in [0.4, 0.5) is 0 Å². The van der Waals surface area contributed by atoms with Crippen LogP contribution < -0.4 is 0 Å². The predicted molar refractivity (Wildman–Crippen MR) is 224 cm³/mol. The molecule has 0 spiro atoms. The topological polar surface area (TPSA) is 38.7 Å².